The number of thiazole rings is 1. The number of fused-ring (bicyclic) bond motifs is 1. The maximum absolute atomic E-state index is 12.8. The third-order valence-electron chi connectivity index (χ3n) is 4.23. The van der Waals surface area contributed by atoms with Gasteiger partial charge in [0.05, 0.1) is 17.0 Å². The summed E-state index contributed by atoms with van der Waals surface area (Å²) in [4.78, 5) is 5.68. The molecule has 1 N–H and O–H groups in total. The van der Waals surface area contributed by atoms with Gasteiger partial charge in [0.2, 0.25) is 0 Å². The molecule has 1 aliphatic rings. The van der Waals surface area contributed by atoms with Gasteiger partial charge in [-0.25, -0.2) is 4.98 Å². The lowest BCUT2D eigenvalue weighted by atomic mass is 10.1. The molecule has 0 aliphatic heterocycles. The van der Waals surface area contributed by atoms with Crippen LogP contribution >= 0.6 is 11.3 Å². The minimum absolute atomic E-state index is 0.394. The Hall–Kier alpha value is -1.86. The number of alkyl halides is 3. The fourth-order valence-electron chi connectivity index (χ4n) is 2.89. The van der Waals surface area contributed by atoms with E-state index < -0.39 is 11.7 Å². The number of imidazole rings is 1. The van der Waals surface area contributed by atoms with Crippen LogP contribution in [-0.2, 0) is 19.3 Å². The minimum Gasteiger partial charge on any atom is -0.307 e. The molecule has 7 heteroatoms. The van der Waals surface area contributed by atoms with E-state index in [9.17, 15) is 13.2 Å². The van der Waals surface area contributed by atoms with Crippen LogP contribution in [-0.4, -0.2) is 9.38 Å². The van der Waals surface area contributed by atoms with Crippen LogP contribution in [0.2, 0.25) is 0 Å². The van der Waals surface area contributed by atoms with Crippen LogP contribution in [0.15, 0.2) is 35.8 Å². The van der Waals surface area contributed by atoms with Gasteiger partial charge in [0.1, 0.15) is 0 Å². The van der Waals surface area contributed by atoms with Gasteiger partial charge in [0.25, 0.3) is 0 Å². The molecule has 1 aromatic carbocycles. The Balaban J connectivity index is 1.48. The highest BCUT2D eigenvalue weighted by Crippen LogP contribution is 2.41. The standard InChI is InChI=1S/C17H16F3N3S/c18-17(19,20)13-3-1-2-11(8-13)9-21-10-14-15(12-4-5-12)22-16-23(14)6-7-24-16/h1-3,6-8,12,21H,4-5,9-10H2. The zero-order chi connectivity index (χ0) is 16.7. The smallest absolute Gasteiger partial charge is 0.307 e. The lowest BCUT2D eigenvalue weighted by Gasteiger charge is -2.10. The third-order valence-corrected chi connectivity index (χ3v) is 4.99. The van der Waals surface area contributed by atoms with E-state index in [0.29, 0.717) is 24.6 Å². The first-order chi connectivity index (χ1) is 11.5. The number of nitrogens with zero attached hydrogens (tertiary/aromatic N) is 2. The Kier molecular flexibility index (Phi) is 3.85. The van der Waals surface area contributed by atoms with E-state index in [4.69, 9.17) is 4.98 Å². The summed E-state index contributed by atoms with van der Waals surface area (Å²) in [5.74, 6) is 0.544. The molecule has 1 fully saturated rings. The van der Waals surface area contributed by atoms with E-state index in [1.54, 1.807) is 17.4 Å². The zero-order valence-corrected chi connectivity index (χ0v) is 13.6. The molecule has 0 radical (unpaired) electrons. The SMILES string of the molecule is FC(F)(F)c1cccc(CNCc2c(C3CC3)nc3sccn23)c1. The predicted octanol–water partition coefficient (Wildman–Crippen LogP) is 4.58. The van der Waals surface area contributed by atoms with Crippen molar-refractivity contribution < 1.29 is 13.2 Å². The summed E-state index contributed by atoms with van der Waals surface area (Å²) in [5, 5.41) is 5.26. The van der Waals surface area contributed by atoms with Crippen molar-refractivity contribution in [1.82, 2.24) is 14.7 Å². The molecular weight excluding hydrogens is 335 g/mol. The Morgan fingerprint density at radius 1 is 1.25 bits per heavy atom. The molecule has 4 rings (SSSR count). The van der Waals surface area contributed by atoms with Crippen LogP contribution in [0.3, 0.4) is 0 Å². The van der Waals surface area contributed by atoms with E-state index in [1.165, 1.54) is 25.0 Å². The average molecular weight is 351 g/mol. The first-order valence-electron chi connectivity index (χ1n) is 7.83. The van der Waals surface area contributed by atoms with E-state index in [2.05, 4.69) is 9.72 Å². The number of aromatic nitrogens is 2. The van der Waals surface area contributed by atoms with Crippen molar-refractivity contribution in [2.24, 2.45) is 0 Å². The van der Waals surface area contributed by atoms with E-state index in [1.807, 2.05) is 11.6 Å². The molecule has 0 spiro atoms. The van der Waals surface area contributed by atoms with Crippen LogP contribution in [0.5, 0.6) is 0 Å². The second kappa shape index (κ2) is 5.89. The number of hydrogen-bond donors (Lipinski definition) is 1. The van der Waals surface area contributed by atoms with Crippen LogP contribution < -0.4 is 5.32 Å². The molecule has 0 amide bonds. The van der Waals surface area contributed by atoms with E-state index in [0.717, 1.165) is 22.4 Å². The molecule has 3 aromatic rings. The highest BCUT2D eigenvalue weighted by atomic mass is 32.1. The summed E-state index contributed by atoms with van der Waals surface area (Å²) >= 11 is 1.60. The number of halogens is 3. The summed E-state index contributed by atoms with van der Waals surface area (Å²) in [7, 11) is 0. The van der Waals surface area contributed by atoms with Crippen LogP contribution in [0.1, 0.15) is 41.3 Å². The van der Waals surface area contributed by atoms with Gasteiger partial charge in [-0.2, -0.15) is 13.2 Å². The first kappa shape index (κ1) is 15.7. The first-order valence-corrected chi connectivity index (χ1v) is 8.71. The molecular formula is C17H16F3N3S. The lowest BCUT2D eigenvalue weighted by molar-refractivity contribution is -0.137. The molecule has 0 atom stereocenters. The monoisotopic (exact) mass is 351 g/mol. The minimum atomic E-state index is -4.30. The molecule has 0 bridgehead atoms. The number of rotatable bonds is 5. The lowest BCUT2D eigenvalue weighted by Crippen LogP contribution is -2.16. The highest BCUT2D eigenvalue weighted by molar-refractivity contribution is 7.15. The fraction of sp³-hybridized carbons (Fsp3) is 0.353. The van der Waals surface area contributed by atoms with Gasteiger partial charge in [-0.05, 0) is 24.5 Å². The molecule has 2 aromatic heterocycles. The molecule has 3 nitrogen and oxygen atoms in total. The van der Waals surface area contributed by atoms with Crippen LogP contribution in [0.4, 0.5) is 13.2 Å². The van der Waals surface area contributed by atoms with E-state index >= 15 is 0 Å². The summed E-state index contributed by atoms with van der Waals surface area (Å²) < 4.78 is 40.4. The predicted molar refractivity (Wildman–Crippen MR) is 87.0 cm³/mol. The molecule has 24 heavy (non-hydrogen) atoms. The van der Waals surface area contributed by atoms with Crippen molar-refractivity contribution in [2.45, 2.75) is 38.0 Å². The van der Waals surface area contributed by atoms with Crippen LogP contribution in [0.25, 0.3) is 4.96 Å². The zero-order valence-electron chi connectivity index (χ0n) is 12.8. The highest BCUT2D eigenvalue weighted by Gasteiger charge is 2.31. The second-order valence-electron chi connectivity index (χ2n) is 6.08. The molecule has 0 unspecified atom stereocenters. The second-order valence-corrected chi connectivity index (χ2v) is 6.95. The van der Waals surface area contributed by atoms with Crippen molar-refractivity contribution in [2.75, 3.05) is 0 Å². The largest absolute Gasteiger partial charge is 0.416 e. The molecule has 0 saturated heterocycles. The summed E-state index contributed by atoms with van der Waals surface area (Å²) in [6, 6.07) is 5.46. The number of hydrogen-bond acceptors (Lipinski definition) is 3. The van der Waals surface area contributed by atoms with Gasteiger partial charge < -0.3 is 5.32 Å². The molecule has 126 valence electrons. The van der Waals surface area contributed by atoms with Crippen molar-refractivity contribution in [3.63, 3.8) is 0 Å². The van der Waals surface area contributed by atoms with E-state index in [-0.39, 0.29) is 0 Å². The summed E-state index contributed by atoms with van der Waals surface area (Å²) in [6.07, 6.45) is 0.0422. The maximum atomic E-state index is 12.8. The van der Waals surface area contributed by atoms with Gasteiger partial charge in [-0.15, -0.1) is 11.3 Å². The molecule has 2 heterocycles. The van der Waals surface area contributed by atoms with Gasteiger partial charge in [0.15, 0.2) is 4.96 Å². The van der Waals surface area contributed by atoms with Crippen molar-refractivity contribution >= 4 is 16.3 Å². The van der Waals surface area contributed by atoms with Crippen molar-refractivity contribution in [3.8, 4) is 0 Å². The van der Waals surface area contributed by atoms with Crippen LogP contribution in [0, 0.1) is 0 Å². The quantitative estimate of drug-likeness (QED) is 0.729. The van der Waals surface area contributed by atoms with Crippen molar-refractivity contribution in [1.29, 1.82) is 0 Å². The number of nitrogens with one attached hydrogen (secondary N) is 1. The molecule has 1 saturated carbocycles. The summed E-state index contributed by atoms with van der Waals surface area (Å²) in [6.45, 7) is 0.991. The molecule has 1 aliphatic carbocycles. The average Bonchev–Trinajstić information content (AvgIpc) is 3.18. The Morgan fingerprint density at radius 2 is 2.08 bits per heavy atom. The Morgan fingerprint density at radius 3 is 2.83 bits per heavy atom. The Labute approximate surface area is 141 Å². The third kappa shape index (κ3) is 3.06. The van der Waals surface area contributed by atoms with Crippen molar-refractivity contribution in [3.05, 3.63) is 58.4 Å². The van der Waals surface area contributed by atoms with Gasteiger partial charge in [-0.1, -0.05) is 18.2 Å². The number of benzene rings is 1. The van der Waals surface area contributed by atoms with Gasteiger partial charge >= 0.3 is 6.18 Å². The normalized spacial score (nSPS) is 15.3. The van der Waals surface area contributed by atoms with Gasteiger partial charge in [-0.3, -0.25) is 4.40 Å². The maximum Gasteiger partial charge on any atom is 0.416 e. The Bertz CT molecular complexity index is 861. The topological polar surface area (TPSA) is 29.3 Å². The van der Waals surface area contributed by atoms with Gasteiger partial charge in [0, 0.05) is 30.6 Å². The summed E-state index contributed by atoms with van der Waals surface area (Å²) in [5.41, 5.74) is 2.29. The fourth-order valence-corrected chi connectivity index (χ4v) is 3.63.